The Bertz CT molecular complexity index is 2800. The number of hydrogen-bond donors (Lipinski definition) is 0. The molecule has 2 heterocycles. The lowest BCUT2D eigenvalue weighted by atomic mass is 9.98. The predicted octanol–water partition coefficient (Wildman–Crippen LogP) is 11.1. The van der Waals surface area contributed by atoms with Crippen LogP contribution < -0.4 is 30.4 Å². The van der Waals surface area contributed by atoms with Crippen molar-refractivity contribution in [1.29, 1.82) is 0 Å². The molecule has 254 valence electrons. The topological polar surface area (TPSA) is 12.5 Å². The molecule has 0 N–H and O–H groups in total. The molecule has 0 aromatic heterocycles. The summed E-state index contributed by atoms with van der Waals surface area (Å²) in [4.78, 5) is 5.11. The van der Waals surface area contributed by atoms with Gasteiger partial charge in [-0.05, 0) is 103 Å². The molecule has 0 amide bonds. The Morgan fingerprint density at radius 2 is 0.944 bits per heavy atom. The van der Waals surface area contributed by atoms with Crippen molar-refractivity contribution in [3.05, 3.63) is 200 Å². The Morgan fingerprint density at radius 1 is 0.389 bits per heavy atom. The van der Waals surface area contributed by atoms with Crippen molar-refractivity contribution in [3.8, 4) is 22.6 Å². The number of anilines is 3. The lowest BCUT2D eigenvalue weighted by Gasteiger charge is -2.43. The van der Waals surface area contributed by atoms with Gasteiger partial charge in [-0.3, -0.25) is 0 Å². The quantitative estimate of drug-likeness (QED) is 0.133. The summed E-state index contributed by atoms with van der Waals surface area (Å²) in [5, 5.41) is 10.3. The highest BCUT2D eigenvalue weighted by Gasteiger charge is 2.52. The molecule has 2 aliphatic heterocycles. The predicted molar refractivity (Wildman–Crippen MR) is 229 cm³/mol. The Kier molecular flexibility index (Phi) is 7.16. The Morgan fingerprint density at radius 3 is 1.70 bits per heavy atom. The molecule has 0 aliphatic carbocycles. The number of rotatable bonds is 4. The van der Waals surface area contributed by atoms with Crippen LogP contribution in [0.4, 0.5) is 17.1 Å². The van der Waals surface area contributed by atoms with Crippen LogP contribution in [-0.2, 0) is 0 Å². The standard InChI is InChI=1S/C50H33NOSSi/c1-2-14-34(15-3-1)35-26-28-37(29-27-35)51(42-32-36-16-4-5-17-39(36)40-18-6-7-19-41(40)42)38-30-31-46-50(33-38)54(49-25-13-10-22-45(49)53-46)47-23-11-8-20-43(47)52-44-21-9-12-24-48(44)54/h1-33H. The van der Waals surface area contributed by atoms with Crippen molar-refractivity contribution < 1.29 is 4.74 Å². The van der Waals surface area contributed by atoms with Gasteiger partial charge in [0.05, 0.1) is 5.69 Å². The minimum atomic E-state index is -2.85. The third-order valence-electron chi connectivity index (χ3n) is 11.2. The van der Waals surface area contributed by atoms with E-state index in [4.69, 9.17) is 4.74 Å². The van der Waals surface area contributed by atoms with Crippen LogP contribution in [0.2, 0.25) is 0 Å². The Labute approximate surface area is 320 Å². The van der Waals surface area contributed by atoms with E-state index in [9.17, 15) is 0 Å². The molecule has 11 rings (SSSR count). The van der Waals surface area contributed by atoms with E-state index in [2.05, 4.69) is 205 Å². The van der Waals surface area contributed by atoms with Gasteiger partial charge in [0.1, 0.15) is 11.5 Å². The van der Waals surface area contributed by atoms with Gasteiger partial charge in [-0.2, -0.15) is 0 Å². The van der Waals surface area contributed by atoms with E-state index in [0.29, 0.717) is 0 Å². The average molecular weight is 724 g/mol. The molecule has 2 aliphatic rings. The molecular formula is C50H33NOSSi. The molecule has 0 radical (unpaired) electrons. The maximum Gasteiger partial charge on any atom is 0.190 e. The summed E-state index contributed by atoms with van der Waals surface area (Å²) >= 11 is 1.89. The first kappa shape index (κ1) is 31.2. The van der Waals surface area contributed by atoms with Crippen molar-refractivity contribution in [3.63, 3.8) is 0 Å². The maximum absolute atomic E-state index is 6.71. The van der Waals surface area contributed by atoms with Crippen LogP contribution >= 0.6 is 11.8 Å². The first-order valence-corrected chi connectivity index (χ1v) is 21.2. The fraction of sp³-hybridized carbons (Fsp3) is 0. The Hall–Kier alpha value is -6.33. The lowest BCUT2D eigenvalue weighted by molar-refractivity contribution is 0.487. The van der Waals surface area contributed by atoms with Gasteiger partial charge in [0.15, 0.2) is 8.07 Å². The summed E-state index contributed by atoms with van der Waals surface area (Å²) in [5.74, 6) is 1.91. The monoisotopic (exact) mass is 723 g/mol. The smallest absolute Gasteiger partial charge is 0.190 e. The van der Waals surface area contributed by atoms with Gasteiger partial charge in [-0.15, -0.1) is 0 Å². The zero-order chi connectivity index (χ0) is 35.6. The van der Waals surface area contributed by atoms with E-state index in [1.165, 1.54) is 63.2 Å². The first-order chi connectivity index (χ1) is 26.8. The first-order valence-electron chi connectivity index (χ1n) is 18.4. The SMILES string of the molecule is c1ccc(-c2ccc(N(c3ccc4c(c3)[Si]3(c5ccccc5Oc5ccccc53)c3ccccc3S4)c3cc4ccccc4c4ccccc34)cc2)cc1. The summed E-state index contributed by atoms with van der Waals surface area (Å²) in [5.41, 5.74) is 5.81. The highest BCUT2D eigenvalue weighted by Crippen LogP contribution is 2.44. The van der Waals surface area contributed by atoms with Crippen molar-refractivity contribution in [2.45, 2.75) is 9.79 Å². The number of fused-ring (bicyclic) bond motifs is 11. The number of benzene rings is 9. The third-order valence-corrected chi connectivity index (χ3v) is 17.6. The molecule has 0 unspecified atom stereocenters. The molecule has 2 nitrogen and oxygen atoms in total. The van der Waals surface area contributed by atoms with Gasteiger partial charge < -0.3 is 9.64 Å². The van der Waals surface area contributed by atoms with E-state index < -0.39 is 8.07 Å². The molecule has 1 spiro atoms. The summed E-state index contributed by atoms with van der Waals surface area (Å²) in [6, 6.07) is 73.4. The molecule has 54 heavy (non-hydrogen) atoms. The van der Waals surface area contributed by atoms with Gasteiger partial charge in [-0.1, -0.05) is 157 Å². The van der Waals surface area contributed by atoms with Crippen molar-refractivity contribution in [2.24, 2.45) is 0 Å². The van der Waals surface area contributed by atoms with Gasteiger partial charge in [0.2, 0.25) is 0 Å². The van der Waals surface area contributed by atoms with E-state index in [-0.39, 0.29) is 0 Å². The van der Waals surface area contributed by atoms with Crippen LogP contribution in [0.5, 0.6) is 11.5 Å². The van der Waals surface area contributed by atoms with Gasteiger partial charge in [-0.25, -0.2) is 0 Å². The van der Waals surface area contributed by atoms with Gasteiger partial charge in [0, 0.05) is 26.6 Å². The number of para-hydroxylation sites is 2. The van der Waals surface area contributed by atoms with E-state index in [0.717, 1.165) is 28.6 Å². The minimum Gasteiger partial charge on any atom is -0.458 e. The molecule has 0 saturated carbocycles. The van der Waals surface area contributed by atoms with Crippen molar-refractivity contribution >= 4 is 79.2 Å². The maximum atomic E-state index is 6.71. The van der Waals surface area contributed by atoms with Crippen LogP contribution in [0, 0.1) is 0 Å². The summed E-state index contributed by atoms with van der Waals surface area (Å²) in [7, 11) is -2.85. The molecule has 4 heteroatoms. The minimum absolute atomic E-state index is 0.954. The lowest BCUT2D eigenvalue weighted by Crippen LogP contribution is -2.77. The van der Waals surface area contributed by atoms with Crippen LogP contribution in [0.25, 0.3) is 32.7 Å². The molecule has 9 aromatic carbocycles. The summed E-state index contributed by atoms with van der Waals surface area (Å²) < 4.78 is 6.71. The number of hydrogen-bond acceptors (Lipinski definition) is 3. The van der Waals surface area contributed by atoms with Crippen molar-refractivity contribution in [1.82, 2.24) is 0 Å². The third kappa shape index (κ3) is 4.67. The second-order valence-corrected chi connectivity index (χ2v) is 18.8. The summed E-state index contributed by atoms with van der Waals surface area (Å²) in [6.07, 6.45) is 0. The van der Waals surface area contributed by atoms with Crippen molar-refractivity contribution in [2.75, 3.05) is 4.90 Å². The normalized spacial score (nSPS) is 13.4. The molecule has 0 bridgehead atoms. The van der Waals surface area contributed by atoms with Crippen LogP contribution in [0.15, 0.2) is 210 Å². The molecule has 0 atom stereocenters. The molecule has 0 fully saturated rings. The zero-order valence-corrected chi connectivity index (χ0v) is 31.1. The molecule has 9 aromatic rings. The number of ether oxygens (including phenoxy) is 1. The van der Waals surface area contributed by atoms with Gasteiger partial charge in [0.25, 0.3) is 0 Å². The van der Waals surface area contributed by atoms with Crippen LogP contribution in [-0.4, -0.2) is 8.07 Å². The van der Waals surface area contributed by atoms with Crippen LogP contribution in [0.1, 0.15) is 0 Å². The van der Waals surface area contributed by atoms with Crippen LogP contribution in [0.3, 0.4) is 0 Å². The highest BCUT2D eigenvalue weighted by molar-refractivity contribution is 8.00. The second kappa shape index (κ2) is 12.4. The zero-order valence-electron chi connectivity index (χ0n) is 29.3. The van der Waals surface area contributed by atoms with E-state index >= 15 is 0 Å². The molecule has 0 saturated heterocycles. The summed E-state index contributed by atoms with van der Waals surface area (Å²) in [6.45, 7) is 0. The fourth-order valence-electron chi connectivity index (χ4n) is 8.82. The number of nitrogens with zero attached hydrogens (tertiary/aromatic N) is 1. The highest BCUT2D eigenvalue weighted by atomic mass is 32.2. The fourth-order valence-corrected chi connectivity index (χ4v) is 16.0. The van der Waals surface area contributed by atoms with Gasteiger partial charge >= 0.3 is 0 Å². The second-order valence-electron chi connectivity index (χ2n) is 14.0. The molecular weight excluding hydrogens is 691 g/mol. The van der Waals surface area contributed by atoms with E-state index in [1.54, 1.807) is 0 Å². The Balaban J connectivity index is 1.21. The largest absolute Gasteiger partial charge is 0.458 e. The van der Waals surface area contributed by atoms with E-state index in [1.807, 2.05) is 11.8 Å². The average Bonchev–Trinajstić information content (AvgIpc) is 3.24.